The molecule has 0 saturated carbocycles. The lowest BCUT2D eigenvalue weighted by Crippen LogP contribution is -2.05. The summed E-state index contributed by atoms with van der Waals surface area (Å²) in [7, 11) is 1.88. The molecule has 0 bridgehead atoms. The van der Waals surface area contributed by atoms with E-state index in [0.717, 1.165) is 20.8 Å². The van der Waals surface area contributed by atoms with Crippen LogP contribution in [0.25, 0.3) is 0 Å². The summed E-state index contributed by atoms with van der Waals surface area (Å²) in [5.74, 6) is 0. The highest BCUT2D eigenvalue weighted by atomic mass is 79.9. The first-order valence-corrected chi connectivity index (χ1v) is 6.33. The van der Waals surface area contributed by atoms with Crippen LogP contribution in [0, 0.1) is 0 Å². The van der Waals surface area contributed by atoms with E-state index in [1.54, 1.807) is 4.68 Å². The van der Waals surface area contributed by atoms with Gasteiger partial charge in [-0.3, -0.25) is 0 Å². The summed E-state index contributed by atoms with van der Waals surface area (Å²) < 4.78 is 2.75. The number of nitrogens with zero attached hydrogens (tertiary/aromatic N) is 3. The summed E-state index contributed by atoms with van der Waals surface area (Å²) in [6.07, 6.45) is 1.91. The summed E-state index contributed by atoms with van der Waals surface area (Å²) in [4.78, 5) is 0. The molecule has 0 aliphatic rings. The SMILES string of the molecule is CNCc1cn(Cc2ccc(Br)cc2Cl)nn1. The van der Waals surface area contributed by atoms with Crippen LogP contribution in [-0.2, 0) is 13.1 Å². The van der Waals surface area contributed by atoms with Crippen molar-refractivity contribution in [1.82, 2.24) is 20.3 Å². The van der Waals surface area contributed by atoms with Gasteiger partial charge >= 0.3 is 0 Å². The van der Waals surface area contributed by atoms with Gasteiger partial charge < -0.3 is 5.32 Å². The molecule has 0 amide bonds. The van der Waals surface area contributed by atoms with Crippen LogP contribution in [0.5, 0.6) is 0 Å². The van der Waals surface area contributed by atoms with Crippen LogP contribution in [0.1, 0.15) is 11.3 Å². The van der Waals surface area contributed by atoms with E-state index in [4.69, 9.17) is 11.6 Å². The van der Waals surface area contributed by atoms with Crippen molar-refractivity contribution in [3.8, 4) is 0 Å². The second-order valence-corrected chi connectivity index (χ2v) is 5.00. The Kier molecular flexibility index (Phi) is 4.15. The number of hydrogen-bond donors (Lipinski definition) is 1. The second kappa shape index (κ2) is 5.62. The molecular weight excluding hydrogens is 304 g/mol. The van der Waals surface area contributed by atoms with E-state index >= 15 is 0 Å². The van der Waals surface area contributed by atoms with Gasteiger partial charge in [-0.25, -0.2) is 4.68 Å². The van der Waals surface area contributed by atoms with Gasteiger partial charge in [0.15, 0.2) is 0 Å². The lowest BCUT2D eigenvalue weighted by Gasteiger charge is -2.04. The Morgan fingerprint density at radius 2 is 2.29 bits per heavy atom. The lowest BCUT2D eigenvalue weighted by atomic mass is 10.2. The van der Waals surface area contributed by atoms with Gasteiger partial charge in [0, 0.05) is 16.0 Å². The third kappa shape index (κ3) is 3.28. The Labute approximate surface area is 113 Å². The van der Waals surface area contributed by atoms with Gasteiger partial charge in [-0.05, 0) is 24.7 Å². The van der Waals surface area contributed by atoms with Crippen molar-refractivity contribution in [1.29, 1.82) is 0 Å². The summed E-state index contributed by atoms with van der Waals surface area (Å²) in [5, 5.41) is 11.9. The molecule has 0 radical (unpaired) electrons. The molecule has 2 rings (SSSR count). The number of benzene rings is 1. The van der Waals surface area contributed by atoms with Crippen LogP contribution in [0.4, 0.5) is 0 Å². The number of hydrogen-bond acceptors (Lipinski definition) is 3. The maximum absolute atomic E-state index is 6.14. The first-order chi connectivity index (χ1) is 8.19. The molecule has 2 aromatic rings. The van der Waals surface area contributed by atoms with Crippen LogP contribution in [0.15, 0.2) is 28.9 Å². The molecule has 1 heterocycles. The Hall–Kier alpha value is -0.910. The average molecular weight is 316 g/mol. The summed E-state index contributed by atoms with van der Waals surface area (Å²) in [6, 6.07) is 5.82. The zero-order chi connectivity index (χ0) is 12.3. The van der Waals surface area contributed by atoms with Crippen molar-refractivity contribution < 1.29 is 0 Å². The zero-order valence-corrected chi connectivity index (χ0v) is 11.7. The predicted octanol–water partition coefficient (Wildman–Crippen LogP) is 2.46. The van der Waals surface area contributed by atoms with Gasteiger partial charge in [0.1, 0.15) is 0 Å². The maximum Gasteiger partial charge on any atom is 0.0964 e. The Bertz CT molecular complexity index is 512. The van der Waals surface area contributed by atoms with Crippen LogP contribution in [-0.4, -0.2) is 22.0 Å². The number of rotatable bonds is 4. The molecule has 0 unspecified atom stereocenters. The van der Waals surface area contributed by atoms with Gasteiger partial charge in [0.2, 0.25) is 0 Å². The third-order valence-electron chi connectivity index (χ3n) is 2.29. The molecule has 17 heavy (non-hydrogen) atoms. The molecule has 4 nitrogen and oxygen atoms in total. The lowest BCUT2D eigenvalue weighted by molar-refractivity contribution is 0.649. The molecule has 0 aliphatic carbocycles. The standard InChI is InChI=1S/C11H12BrClN4/c1-14-5-10-7-17(16-15-10)6-8-2-3-9(12)4-11(8)13/h2-4,7,14H,5-6H2,1H3. The van der Waals surface area contributed by atoms with Crippen LogP contribution in [0.2, 0.25) is 5.02 Å². The molecule has 1 aromatic carbocycles. The molecule has 0 saturated heterocycles. The van der Waals surface area contributed by atoms with E-state index in [2.05, 4.69) is 31.6 Å². The number of halogens is 2. The number of nitrogens with one attached hydrogen (secondary N) is 1. The minimum atomic E-state index is 0.628. The first-order valence-electron chi connectivity index (χ1n) is 5.16. The van der Waals surface area contributed by atoms with Crippen LogP contribution in [0.3, 0.4) is 0 Å². The van der Waals surface area contributed by atoms with Crippen molar-refractivity contribution in [2.75, 3.05) is 7.05 Å². The predicted molar refractivity (Wildman–Crippen MR) is 71.0 cm³/mol. The fraction of sp³-hybridized carbons (Fsp3) is 0.273. The van der Waals surface area contributed by atoms with Gasteiger partial charge in [0.05, 0.1) is 18.4 Å². The molecule has 1 N–H and O–H groups in total. The molecule has 1 aromatic heterocycles. The van der Waals surface area contributed by atoms with E-state index in [0.29, 0.717) is 13.1 Å². The summed E-state index contributed by atoms with van der Waals surface area (Å²) >= 11 is 9.52. The van der Waals surface area contributed by atoms with Crippen molar-refractivity contribution in [3.63, 3.8) is 0 Å². The molecule has 0 aliphatic heterocycles. The fourth-order valence-corrected chi connectivity index (χ4v) is 2.24. The number of aromatic nitrogens is 3. The minimum Gasteiger partial charge on any atom is -0.314 e. The van der Waals surface area contributed by atoms with Crippen molar-refractivity contribution in [2.45, 2.75) is 13.1 Å². The van der Waals surface area contributed by atoms with E-state index in [-0.39, 0.29) is 0 Å². The molecule has 0 atom stereocenters. The Balaban J connectivity index is 2.13. The summed E-state index contributed by atoms with van der Waals surface area (Å²) in [6.45, 7) is 1.34. The Morgan fingerprint density at radius 1 is 1.47 bits per heavy atom. The highest BCUT2D eigenvalue weighted by Crippen LogP contribution is 2.21. The first kappa shape index (κ1) is 12.5. The maximum atomic E-state index is 6.14. The minimum absolute atomic E-state index is 0.628. The van der Waals surface area contributed by atoms with Crippen molar-refractivity contribution >= 4 is 27.5 Å². The smallest absolute Gasteiger partial charge is 0.0964 e. The van der Waals surface area contributed by atoms with Crippen molar-refractivity contribution in [3.05, 3.63) is 45.1 Å². The van der Waals surface area contributed by atoms with E-state index in [1.807, 2.05) is 31.4 Å². The Morgan fingerprint density at radius 3 is 3.00 bits per heavy atom. The second-order valence-electron chi connectivity index (χ2n) is 3.67. The van der Waals surface area contributed by atoms with E-state index in [9.17, 15) is 0 Å². The molecule has 0 spiro atoms. The molecular formula is C11H12BrClN4. The van der Waals surface area contributed by atoms with E-state index < -0.39 is 0 Å². The highest BCUT2D eigenvalue weighted by Gasteiger charge is 2.04. The molecule has 90 valence electrons. The largest absolute Gasteiger partial charge is 0.314 e. The molecule has 6 heteroatoms. The average Bonchev–Trinajstić information content (AvgIpc) is 2.71. The van der Waals surface area contributed by atoms with Crippen LogP contribution >= 0.6 is 27.5 Å². The topological polar surface area (TPSA) is 42.7 Å². The third-order valence-corrected chi connectivity index (χ3v) is 3.14. The van der Waals surface area contributed by atoms with Crippen LogP contribution < -0.4 is 5.32 Å². The zero-order valence-electron chi connectivity index (χ0n) is 9.32. The van der Waals surface area contributed by atoms with Gasteiger partial charge in [-0.2, -0.15) is 0 Å². The fourth-order valence-electron chi connectivity index (χ4n) is 1.50. The van der Waals surface area contributed by atoms with E-state index in [1.165, 1.54) is 0 Å². The molecule has 0 fully saturated rings. The normalized spacial score (nSPS) is 10.8. The highest BCUT2D eigenvalue weighted by molar-refractivity contribution is 9.10. The summed E-state index contributed by atoms with van der Waals surface area (Å²) in [5.41, 5.74) is 1.94. The monoisotopic (exact) mass is 314 g/mol. The van der Waals surface area contributed by atoms with Gasteiger partial charge in [-0.15, -0.1) is 5.10 Å². The van der Waals surface area contributed by atoms with Crippen molar-refractivity contribution in [2.24, 2.45) is 0 Å². The quantitative estimate of drug-likeness (QED) is 0.942. The van der Waals surface area contributed by atoms with Gasteiger partial charge in [0.25, 0.3) is 0 Å². The van der Waals surface area contributed by atoms with Gasteiger partial charge in [-0.1, -0.05) is 38.8 Å².